The molecule has 9 heteroatoms. The lowest BCUT2D eigenvalue weighted by atomic mass is 10.2. The van der Waals surface area contributed by atoms with Gasteiger partial charge < -0.3 is 9.73 Å². The maximum Gasteiger partial charge on any atom is 0.224 e. The van der Waals surface area contributed by atoms with Crippen molar-refractivity contribution >= 4 is 27.5 Å². The quantitative estimate of drug-likeness (QED) is 0.465. The lowest BCUT2D eigenvalue weighted by molar-refractivity contribution is -0.116. The highest BCUT2D eigenvalue weighted by Crippen LogP contribution is 2.25. The molecule has 1 amide bonds. The number of carbonyl (C=O) groups excluding carboxylic acids is 1. The Kier molecular flexibility index (Phi) is 5.48. The van der Waals surface area contributed by atoms with Gasteiger partial charge in [0.15, 0.2) is 11.7 Å². The number of oxazole rings is 1. The summed E-state index contributed by atoms with van der Waals surface area (Å²) in [7, 11) is 0. The maximum atomic E-state index is 13.9. The topological polar surface area (TPSA) is 85.8 Å². The van der Waals surface area contributed by atoms with Gasteiger partial charge in [0.05, 0.1) is 23.1 Å². The summed E-state index contributed by atoms with van der Waals surface area (Å²) in [5, 5.41) is 6.97. The predicted octanol–water partition coefficient (Wildman–Crippen LogP) is 4.40. The number of halogens is 2. The highest BCUT2D eigenvalue weighted by Gasteiger charge is 2.13. The Morgan fingerprint density at radius 1 is 1.24 bits per heavy atom. The molecule has 4 aromatic rings. The highest BCUT2D eigenvalue weighted by molar-refractivity contribution is 9.10. The van der Waals surface area contributed by atoms with E-state index in [2.05, 4.69) is 36.3 Å². The van der Waals surface area contributed by atoms with E-state index < -0.39 is 0 Å². The normalized spacial score (nSPS) is 10.8. The number of aryl methyl sites for hydroxylation is 1. The number of hydrogen-bond acceptors (Lipinski definition) is 5. The van der Waals surface area contributed by atoms with Crippen LogP contribution in [-0.4, -0.2) is 25.7 Å². The van der Waals surface area contributed by atoms with E-state index in [-0.39, 0.29) is 24.6 Å². The molecule has 2 aromatic carbocycles. The molecule has 0 spiro atoms. The second-order valence-corrected chi connectivity index (χ2v) is 7.06. The monoisotopic (exact) mass is 455 g/mol. The molecule has 0 fully saturated rings. The zero-order chi connectivity index (χ0) is 20.2. The van der Waals surface area contributed by atoms with Crippen LogP contribution in [0.1, 0.15) is 12.3 Å². The number of benzene rings is 2. The fourth-order valence-electron chi connectivity index (χ4n) is 2.79. The molecule has 7 nitrogen and oxygen atoms in total. The Morgan fingerprint density at radius 3 is 2.90 bits per heavy atom. The molecule has 0 atom stereocenters. The highest BCUT2D eigenvalue weighted by atomic mass is 79.9. The largest absolute Gasteiger partial charge is 0.441 e. The Balaban J connectivity index is 1.43. The summed E-state index contributed by atoms with van der Waals surface area (Å²) in [5.41, 5.74) is 1.62. The molecule has 0 unspecified atom stereocenters. The molecule has 2 aromatic heterocycles. The number of carbonyl (C=O) groups is 1. The number of hydrogen-bond donors (Lipinski definition) is 1. The smallest absolute Gasteiger partial charge is 0.224 e. The van der Waals surface area contributed by atoms with Crippen LogP contribution in [0.2, 0.25) is 0 Å². The Hall–Kier alpha value is -3.33. The first-order chi connectivity index (χ1) is 14.1. The van der Waals surface area contributed by atoms with Gasteiger partial charge in [0.2, 0.25) is 5.91 Å². The minimum atomic E-state index is -0.386. The van der Waals surface area contributed by atoms with Crippen molar-refractivity contribution in [3.05, 3.63) is 77.5 Å². The molecule has 4 rings (SSSR count). The van der Waals surface area contributed by atoms with Crippen molar-refractivity contribution in [2.75, 3.05) is 5.32 Å². The van der Waals surface area contributed by atoms with Crippen molar-refractivity contribution in [3.63, 3.8) is 0 Å². The average molecular weight is 456 g/mol. The summed E-state index contributed by atoms with van der Waals surface area (Å²) >= 11 is 3.40. The molecule has 146 valence electrons. The lowest BCUT2D eigenvalue weighted by Crippen LogP contribution is -2.14. The van der Waals surface area contributed by atoms with Crippen molar-refractivity contribution in [1.82, 2.24) is 19.7 Å². The summed E-state index contributed by atoms with van der Waals surface area (Å²) in [6.07, 6.45) is 4.87. The van der Waals surface area contributed by atoms with Crippen molar-refractivity contribution < 1.29 is 13.6 Å². The van der Waals surface area contributed by atoms with E-state index >= 15 is 0 Å². The molecule has 0 aliphatic rings. The third-order valence-corrected chi connectivity index (χ3v) is 4.65. The first-order valence-corrected chi connectivity index (χ1v) is 9.53. The molecule has 2 heterocycles. The van der Waals surface area contributed by atoms with Gasteiger partial charge in [-0.25, -0.2) is 19.0 Å². The van der Waals surface area contributed by atoms with Crippen molar-refractivity contribution in [1.29, 1.82) is 0 Å². The van der Waals surface area contributed by atoms with Crippen LogP contribution in [0.3, 0.4) is 0 Å². The molecular formula is C20H15BrFN5O2. The Bertz CT molecular complexity index is 1140. The number of nitrogens with zero attached hydrogens (tertiary/aromatic N) is 4. The molecule has 0 aliphatic carbocycles. The third kappa shape index (κ3) is 4.40. The van der Waals surface area contributed by atoms with Crippen LogP contribution in [0.5, 0.6) is 0 Å². The molecule has 29 heavy (non-hydrogen) atoms. The standard InChI is InChI=1S/C20H15BrFN5O2/c21-13-5-6-17(27-12-23-11-25-27)16(9-13)26-19(28)7-8-20-24-10-18(29-20)14-3-1-2-4-15(14)22/h1-6,9-12H,7-8H2,(H,26,28). The van der Waals surface area contributed by atoms with Crippen molar-refractivity contribution in [2.45, 2.75) is 12.8 Å². The van der Waals surface area contributed by atoms with Gasteiger partial charge in [-0.05, 0) is 30.3 Å². The summed E-state index contributed by atoms with van der Waals surface area (Å²) in [6.45, 7) is 0. The van der Waals surface area contributed by atoms with Crippen LogP contribution in [0.4, 0.5) is 10.1 Å². The number of aromatic nitrogens is 4. The fraction of sp³-hybridized carbons (Fsp3) is 0.100. The lowest BCUT2D eigenvalue weighted by Gasteiger charge is -2.11. The van der Waals surface area contributed by atoms with Crippen LogP contribution < -0.4 is 5.32 Å². The second kappa shape index (κ2) is 8.36. The van der Waals surface area contributed by atoms with Crippen LogP contribution in [0.25, 0.3) is 17.0 Å². The van der Waals surface area contributed by atoms with E-state index in [1.165, 1.54) is 18.6 Å². The molecule has 0 bridgehead atoms. The zero-order valence-corrected chi connectivity index (χ0v) is 16.6. The zero-order valence-electron chi connectivity index (χ0n) is 15.0. The van der Waals surface area contributed by atoms with Gasteiger partial charge in [-0.15, -0.1) is 0 Å². The summed E-state index contributed by atoms with van der Waals surface area (Å²) in [6, 6.07) is 11.8. The van der Waals surface area contributed by atoms with Crippen LogP contribution in [0.15, 0.2) is 70.2 Å². The van der Waals surface area contributed by atoms with Gasteiger partial charge in [-0.1, -0.05) is 28.1 Å². The molecule has 0 saturated heterocycles. The van der Waals surface area contributed by atoms with Crippen LogP contribution in [-0.2, 0) is 11.2 Å². The SMILES string of the molecule is O=C(CCc1ncc(-c2ccccc2F)o1)Nc1cc(Br)ccc1-n1cncn1. The van der Waals surface area contributed by atoms with Crippen LogP contribution >= 0.6 is 15.9 Å². The number of nitrogens with one attached hydrogen (secondary N) is 1. The van der Waals surface area contributed by atoms with Crippen molar-refractivity contribution in [2.24, 2.45) is 0 Å². The van der Waals surface area contributed by atoms with E-state index in [1.54, 1.807) is 35.3 Å². The summed E-state index contributed by atoms with van der Waals surface area (Å²) in [4.78, 5) is 20.5. The first kappa shape index (κ1) is 19.0. The maximum absolute atomic E-state index is 13.9. The van der Waals surface area contributed by atoms with Gasteiger partial charge in [-0.3, -0.25) is 4.79 Å². The van der Waals surface area contributed by atoms with Gasteiger partial charge in [-0.2, -0.15) is 5.10 Å². The average Bonchev–Trinajstić information content (AvgIpc) is 3.39. The van der Waals surface area contributed by atoms with Gasteiger partial charge in [0.1, 0.15) is 18.5 Å². The van der Waals surface area contributed by atoms with Crippen LogP contribution in [0, 0.1) is 5.82 Å². The van der Waals surface area contributed by atoms with Gasteiger partial charge in [0.25, 0.3) is 0 Å². The minimum Gasteiger partial charge on any atom is -0.441 e. The van der Waals surface area contributed by atoms with E-state index in [9.17, 15) is 9.18 Å². The number of anilines is 1. The Morgan fingerprint density at radius 2 is 2.10 bits per heavy atom. The molecule has 0 saturated carbocycles. The van der Waals surface area contributed by atoms with E-state index in [0.29, 0.717) is 28.6 Å². The van der Waals surface area contributed by atoms with Gasteiger partial charge >= 0.3 is 0 Å². The molecule has 1 N–H and O–H groups in total. The van der Waals surface area contributed by atoms with Crippen molar-refractivity contribution in [3.8, 4) is 17.0 Å². The number of amides is 1. The minimum absolute atomic E-state index is 0.153. The molecule has 0 radical (unpaired) electrons. The Labute approximate surface area is 173 Å². The first-order valence-electron chi connectivity index (χ1n) is 8.74. The number of rotatable bonds is 6. The van der Waals surface area contributed by atoms with E-state index in [4.69, 9.17) is 4.42 Å². The summed E-state index contributed by atoms with van der Waals surface area (Å²) in [5.74, 6) is 0.0986. The third-order valence-electron chi connectivity index (χ3n) is 4.16. The van der Waals surface area contributed by atoms with E-state index in [1.807, 2.05) is 12.1 Å². The molecular weight excluding hydrogens is 441 g/mol. The fourth-order valence-corrected chi connectivity index (χ4v) is 3.15. The summed E-state index contributed by atoms with van der Waals surface area (Å²) < 4.78 is 21.8. The van der Waals surface area contributed by atoms with Gasteiger partial charge in [0, 0.05) is 17.3 Å². The predicted molar refractivity (Wildman–Crippen MR) is 108 cm³/mol. The second-order valence-electron chi connectivity index (χ2n) is 6.15. The van der Waals surface area contributed by atoms with E-state index in [0.717, 1.165) is 4.47 Å². The molecule has 0 aliphatic heterocycles.